The van der Waals surface area contributed by atoms with E-state index < -0.39 is 12.3 Å². The van der Waals surface area contributed by atoms with Crippen LogP contribution in [-0.2, 0) is 20.2 Å². The summed E-state index contributed by atoms with van der Waals surface area (Å²) in [4.78, 5) is 15.9. The standard InChI is InChI=1S/C13H14F2N4O2/c1-19-11(12(14)15)5-10(18-19)13(21)16-6-8-3-2-4-9(7-20)17-8/h2-5,12,20H,6-7H2,1H3,(H,16,21). The van der Waals surface area contributed by atoms with Gasteiger partial charge in [0.2, 0.25) is 0 Å². The number of carbonyl (C=O) groups excluding carboxylic acids is 1. The average Bonchev–Trinajstić information content (AvgIpc) is 2.87. The first kappa shape index (κ1) is 15.0. The van der Waals surface area contributed by atoms with Crippen molar-refractivity contribution in [3.05, 3.63) is 47.0 Å². The van der Waals surface area contributed by atoms with Crippen LogP contribution in [0, 0.1) is 0 Å². The molecule has 0 aliphatic rings. The summed E-state index contributed by atoms with van der Waals surface area (Å²) in [5, 5.41) is 15.3. The molecule has 2 aromatic rings. The summed E-state index contributed by atoms with van der Waals surface area (Å²) in [6.07, 6.45) is -2.69. The summed E-state index contributed by atoms with van der Waals surface area (Å²) in [5.74, 6) is -0.561. The van der Waals surface area contributed by atoms with Crippen molar-refractivity contribution < 1.29 is 18.7 Å². The van der Waals surface area contributed by atoms with Crippen molar-refractivity contribution in [2.45, 2.75) is 19.6 Å². The second-order valence-corrected chi connectivity index (χ2v) is 4.34. The molecule has 0 saturated heterocycles. The molecule has 21 heavy (non-hydrogen) atoms. The maximum atomic E-state index is 12.6. The van der Waals surface area contributed by atoms with E-state index in [0.717, 1.165) is 10.7 Å². The van der Waals surface area contributed by atoms with Crippen molar-refractivity contribution in [3.63, 3.8) is 0 Å². The van der Waals surface area contributed by atoms with Gasteiger partial charge in [0.15, 0.2) is 5.69 Å². The van der Waals surface area contributed by atoms with Crippen LogP contribution in [0.3, 0.4) is 0 Å². The normalized spacial score (nSPS) is 10.9. The molecule has 0 aliphatic heterocycles. The Labute approximate surface area is 119 Å². The van der Waals surface area contributed by atoms with Gasteiger partial charge in [-0.05, 0) is 18.2 Å². The third-order valence-corrected chi connectivity index (χ3v) is 2.83. The highest BCUT2D eigenvalue weighted by molar-refractivity contribution is 5.92. The summed E-state index contributed by atoms with van der Waals surface area (Å²) in [7, 11) is 1.35. The maximum absolute atomic E-state index is 12.6. The molecule has 0 spiro atoms. The summed E-state index contributed by atoms with van der Waals surface area (Å²) in [6, 6.07) is 6.09. The molecule has 0 fully saturated rings. The maximum Gasteiger partial charge on any atom is 0.280 e. The van der Waals surface area contributed by atoms with E-state index in [0.29, 0.717) is 11.4 Å². The topological polar surface area (TPSA) is 80.0 Å². The zero-order valence-corrected chi connectivity index (χ0v) is 11.3. The molecular weight excluding hydrogens is 282 g/mol. The van der Waals surface area contributed by atoms with Gasteiger partial charge in [0, 0.05) is 7.05 Å². The van der Waals surface area contributed by atoms with E-state index in [9.17, 15) is 13.6 Å². The molecule has 2 aromatic heterocycles. The van der Waals surface area contributed by atoms with E-state index in [4.69, 9.17) is 5.11 Å². The third kappa shape index (κ3) is 3.60. The molecule has 2 N–H and O–H groups in total. The fourth-order valence-corrected chi connectivity index (χ4v) is 1.77. The van der Waals surface area contributed by atoms with Gasteiger partial charge in [-0.15, -0.1) is 0 Å². The Bertz CT molecular complexity index is 643. The number of pyridine rings is 1. The van der Waals surface area contributed by atoms with E-state index in [-0.39, 0.29) is 24.5 Å². The number of nitrogens with zero attached hydrogens (tertiary/aromatic N) is 3. The molecule has 0 aliphatic carbocycles. The number of nitrogens with one attached hydrogen (secondary N) is 1. The highest BCUT2D eigenvalue weighted by atomic mass is 19.3. The van der Waals surface area contributed by atoms with Crippen molar-refractivity contribution in [1.29, 1.82) is 0 Å². The molecule has 1 amide bonds. The van der Waals surface area contributed by atoms with Gasteiger partial charge in [0.25, 0.3) is 12.3 Å². The molecule has 0 unspecified atom stereocenters. The molecular formula is C13H14F2N4O2. The van der Waals surface area contributed by atoms with Crippen LogP contribution in [0.25, 0.3) is 0 Å². The fraction of sp³-hybridized carbons (Fsp3) is 0.308. The van der Waals surface area contributed by atoms with Crippen LogP contribution >= 0.6 is 0 Å². The molecule has 0 saturated carbocycles. The smallest absolute Gasteiger partial charge is 0.280 e. The third-order valence-electron chi connectivity index (χ3n) is 2.83. The Morgan fingerprint density at radius 1 is 1.43 bits per heavy atom. The Kier molecular flexibility index (Phi) is 4.59. The molecule has 0 radical (unpaired) electrons. The molecule has 2 heterocycles. The van der Waals surface area contributed by atoms with Crippen LogP contribution < -0.4 is 5.32 Å². The van der Waals surface area contributed by atoms with Crippen LogP contribution in [0.1, 0.15) is 34.0 Å². The lowest BCUT2D eigenvalue weighted by Crippen LogP contribution is -2.24. The number of hydrogen-bond donors (Lipinski definition) is 2. The first-order valence-electron chi connectivity index (χ1n) is 6.17. The van der Waals surface area contributed by atoms with Gasteiger partial charge < -0.3 is 10.4 Å². The van der Waals surface area contributed by atoms with Crippen LogP contribution in [0.2, 0.25) is 0 Å². The SMILES string of the molecule is Cn1nc(C(=O)NCc2cccc(CO)n2)cc1C(F)F. The van der Waals surface area contributed by atoms with Crippen LogP contribution in [0.4, 0.5) is 8.78 Å². The number of amides is 1. The van der Waals surface area contributed by atoms with Crippen LogP contribution in [0.15, 0.2) is 24.3 Å². The summed E-state index contributed by atoms with van der Waals surface area (Å²) in [6.45, 7) is -0.0764. The number of aromatic nitrogens is 3. The number of rotatable bonds is 5. The number of aliphatic hydroxyl groups is 1. The number of alkyl halides is 2. The average molecular weight is 296 g/mol. The van der Waals surface area contributed by atoms with Crippen molar-refractivity contribution in [1.82, 2.24) is 20.1 Å². The van der Waals surface area contributed by atoms with Crippen molar-refractivity contribution in [2.75, 3.05) is 0 Å². The Morgan fingerprint density at radius 3 is 2.76 bits per heavy atom. The first-order valence-corrected chi connectivity index (χ1v) is 6.17. The molecule has 112 valence electrons. The molecule has 0 aromatic carbocycles. The van der Waals surface area contributed by atoms with Gasteiger partial charge in [0.05, 0.1) is 24.5 Å². The molecule has 2 rings (SSSR count). The minimum Gasteiger partial charge on any atom is -0.390 e. The lowest BCUT2D eigenvalue weighted by atomic mass is 10.3. The van der Waals surface area contributed by atoms with E-state index in [1.807, 2.05) is 0 Å². The van der Waals surface area contributed by atoms with E-state index >= 15 is 0 Å². The lowest BCUT2D eigenvalue weighted by molar-refractivity contribution is 0.0944. The number of aliphatic hydroxyl groups excluding tert-OH is 1. The van der Waals surface area contributed by atoms with Crippen LogP contribution in [-0.4, -0.2) is 25.8 Å². The van der Waals surface area contributed by atoms with Gasteiger partial charge in [-0.1, -0.05) is 6.07 Å². The zero-order chi connectivity index (χ0) is 15.4. The molecule has 8 heteroatoms. The minimum absolute atomic E-state index is 0.0777. The Hall–Kier alpha value is -2.35. The quantitative estimate of drug-likeness (QED) is 0.868. The van der Waals surface area contributed by atoms with Gasteiger partial charge in [-0.3, -0.25) is 14.5 Å². The second-order valence-electron chi connectivity index (χ2n) is 4.34. The number of hydrogen-bond acceptors (Lipinski definition) is 4. The Balaban J connectivity index is 2.03. The first-order chi connectivity index (χ1) is 10.0. The van der Waals surface area contributed by atoms with Gasteiger partial charge in [-0.2, -0.15) is 5.10 Å². The number of aryl methyl sites for hydroxylation is 1. The molecule has 0 atom stereocenters. The monoisotopic (exact) mass is 296 g/mol. The number of carbonyl (C=O) groups is 1. The highest BCUT2D eigenvalue weighted by Gasteiger charge is 2.18. The minimum atomic E-state index is -2.69. The lowest BCUT2D eigenvalue weighted by Gasteiger charge is -2.04. The molecule has 0 bridgehead atoms. The summed E-state index contributed by atoms with van der Waals surface area (Å²) < 4.78 is 26.2. The Morgan fingerprint density at radius 2 is 2.14 bits per heavy atom. The summed E-state index contributed by atoms with van der Waals surface area (Å²) in [5.41, 5.74) is 0.645. The van der Waals surface area contributed by atoms with Crippen LogP contribution in [0.5, 0.6) is 0 Å². The van der Waals surface area contributed by atoms with Crippen molar-refractivity contribution in [3.8, 4) is 0 Å². The van der Waals surface area contributed by atoms with Crippen molar-refractivity contribution in [2.24, 2.45) is 7.05 Å². The molecule has 6 nitrogen and oxygen atoms in total. The largest absolute Gasteiger partial charge is 0.390 e. The van der Waals surface area contributed by atoms with E-state index in [2.05, 4.69) is 15.4 Å². The van der Waals surface area contributed by atoms with Gasteiger partial charge in [0.1, 0.15) is 5.69 Å². The predicted molar refractivity (Wildman–Crippen MR) is 69.5 cm³/mol. The van der Waals surface area contributed by atoms with Gasteiger partial charge >= 0.3 is 0 Å². The van der Waals surface area contributed by atoms with Crippen molar-refractivity contribution >= 4 is 5.91 Å². The fourth-order valence-electron chi connectivity index (χ4n) is 1.77. The number of halogens is 2. The highest BCUT2D eigenvalue weighted by Crippen LogP contribution is 2.18. The van der Waals surface area contributed by atoms with Gasteiger partial charge in [-0.25, -0.2) is 8.78 Å². The van der Waals surface area contributed by atoms with E-state index in [1.54, 1.807) is 18.2 Å². The summed E-state index contributed by atoms with van der Waals surface area (Å²) >= 11 is 0. The predicted octanol–water partition coefficient (Wildman–Crippen LogP) is 1.17. The second kappa shape index (κ2) is 6.40. The zero-order valence-electron chi connectivity index (χ0n) is 11.3. The van der Waals surface area contributed by atoms with E-state index in [1.165, 1.54) is 7.05 Å².